The normalized spacial score (nSPS) is 20.6. The fourth-order valence-electron chi connectivity index (χ4n) is 4.77. The van der Waals surface area contributed by atoms with Gasteiger partial charge in [0.15, 0.2) is 5.11 Å². The van der Waals surface area contributed by atoms with Gasteiger partial charge in [-0.15, -0.1) is 0 Å². The predicted molar refractivity (Wildman–Crippen MR) is 141 cm³/mol. The van der Waals surface area contributed by atoms with Gasteiger partial charge in [-0.05, 0) is 73.4 Å². The Morgan fingerprint density at radius 1 is 0.771 bits per heavy atom. The predicted octanol–water partition coefficient (Wildman–Crippen LogP) is 4.11. The summed E-state index contributed by atoms with van der Waals surface area (Å²) < 4.78 is 10.6. The lowest BCUT2D eigenvalue weighted by atomic mass is 9.86. The molecule has 5 rings (SSSR count). The van der Waals surface area contributed by atoms with Crippen LogP contribution in [0.15, 0.2) is 78.9 Å². The van der Waals surface area contributed by atoms with Crippen molar-refractivity contribution < 1.29 is 14.3 Å². The van der Waals surface area contributed by atoms with E-state index in [1.807, 2.05) is 83.6 Å². The number of hydrogen-bond acceptors (Lipinski definition) is 5. The van der Waals surface area contributed by atoms with Crippen molar-refractivity contribution in [2.75, 3.05) is 44.4 Å². The lowest BCUT2D eigenvalue weighted by molar-refractivity contribution is -0.131. The van der Waals surface area contributed by atoms with Crippen LogP contribution in [0, 0.1) is 0 Å². The van der Waals surface area contributed by atoms with Gasteiger partial charge in [-0.25, -0.2) is 0 Å². The Kier molecular flexibility index (Phi) is 6.32. The first-order chi connectivity index (χ1) is 17.0. The maximum Gasteiger partial charge on any atom is 0.252 e. The van der Waals surface area contributed by atoms with Crippen molar-refractivity contribution in [3.63, 3.8) is 0 Å². The molecule has 8 heteroatoms. The first-order valence-electron chi connectivity index (χ1n) is 11.4. The van der Waals surface area contributed by atoms with E-state index in [1.54, 1.807) is 14.2 Å². The molecule has 0 saturated carbocycles. The lowest BCUT2D eigenvalue weighted by Crippen LogP contribution is -2.71. The summed E-state index contributed by atoms with van der Waals surface area (Å²) in [5.74, 6) is 1.56. The Morgan fingerprint density at radius 3 is 1.91 bits per heavy atom. The van der Waals surface area contributed by atoms with Crippen LogP contribution < -0.4 is 19.3 Å². The van der Waals surface area contributed by atoms with Crippen molar-refractivity contribution in [1.82, 2.24) is 9.80 Å². The fraction of sp³-hybridized carbons (Fsp3) is 0.259. The standard InChI is InChI=1S/C27H28N4O3S/c1-28-17-29(20-9-13-22(33-2)14-10-20)27(35)30(18-28)25-24(19-7-5-4-6-8-19)31(26(25)32)21-11-15-23(34-3)16-12-21/h4-16,24-25H,17-18H2,1-3H3/t24-,25-/m1/s1. The van der Waals surface area contributed by atoms with Gasteiger partial charge in [-0.3, -0.25) is 9.69 Å². The zero-order valence-corrected chi connectivity index (χ0v) is 20.8. The number of methoxy groups -OCH3 is 2. The van der Waals surface area contributed by atoms with Crippen molar-refractivity contribution in [2.45, 2.75) is 12.1 Å². The van der Waals surface area contributed by atoms with E-state index in [1.165, 1.54) is 0 Å². The number of β-lactam (4-membered cyclic amide) rings is 1. The summed E-state index contributed by atoms with van der Waals surface area (Å²) in [5, 5.41) is 0.641. The van der Waals surface area contributed by atoms with E-state index in [4.69, 9.17) is 21.7 Å². The minimum Gasteiger partial charge on any atom is -0.497 e. The number of nitrogens with zero attached hydrogens (tertiary/aromatic N) is 4. The molecule has 0 bridgehead atoms. The van der Waals surface area contributed by atoms with Crippen LogP contribution >= 0.6 is 12.2 Å². The van der Waals surface area contributed by atoms with E-state index in [9.17, 15) is 4.79 Å². The van der Waals surface area contributed by atoms with Gasteiger partial charge in [0.2, 0.25) is 0 Å². The molecule has 3 aromatic carbocycles. The highest BCUT2D eigenvalue weighted by Crippen LogP contribution is 2.43. The Labute approximate surface area is 211 Å². The summed E-state index contributed by atoms with van der Waals surface area (Å²) in [5.41, 5.74) is 2.87. The smallest absolute Gasteiger partial charge is 0.252 e. The van der Waals surface area contributed by atoms with E-state index in [0.717, 1.165) is 28.4 Å². The van der Waals surface area contributed by atoms with E-state index < -0.39 is 6.04 Å². The second kappa shape index (κ2) is 9.56. The van der Waals surface area contributed by atoms with E-state index in [2.05, 4.69) is 21.9 Å². The number of rotatable bonds is 6. The highest BCUT2D eigenvalue weighted by atomic mass is 32.1. The highest BCUT2D eigenvalue weighted by molar-refractivity contribution is 7.80. The van der Waals surface area contributed by atoms with Crippen molar-refractivity contribution >= 4 is 34.6 Å². The Hall–Kier alpha value is -3.62. The molecule has 1 amide bonds. The number of anilines is 2. The summed E-state index contributed by atoms with van der Waals surface area (Å²) in [4.78, 5) is 21.8. The number of thiocarbonyl (C=S) groups is 1. The Bertz CT molecular complexity index is 1200. The third-order valence-corrected chi connectivity index (χ3v) is 6.99. The molecule has 180 valence electrons. The van der Waals surface area contributed by atoms with Crippen LogP contribution in [0.3, 0.4) is 0 Å². The van der Waals surface area contributed by atoms with Gasteiger partial charge in [0, 0.05) is 11.4 Å². The van der Waals surface area contributed by atoms with E-state index >= 15 is 0 Å². The molecule has 2 aliphatic rings. The van der Waals surface area contributed by atoms with Gasteiger partial charge in [-0.1, -0.05) is 30.3 Å². The minimum absolute atomic E-state index is 0.0244. The molecule has 0 unspecified atom stereocenters. The summed E-state index contributed by atoms with van der Waals surface area (Å²) >= 11 is 5.97. The molecular formula is C27H28N4O3S. The second-order valence-electron chi connectivity index (χ2n) is 8.72. The van der Waals surface area contributed by atoms with Gasteiger partial charge in [-0.2, -0.15) is 0 Å². The summed E-state index contributed by atoms with van der Waals surface area (Å²) in [7, 11) is 5.32. The molecule has 0 aliphatic carbocycles. The van der Waals surface area contributed by atoms with Crippen LogP contribution in [-0.2, 0) is 4.79 Å². The van der Waals surface area contributed by atoms with Crippen LogP contribution in [0.1, 0.15) is 11.6 Å². The van der Waals surface area contributed by atoms with Crippen molar-refractivity contribution in [3.8, 4) is 11.5 Å². The number of ether oxygens (including phenoxy) is 2. The summed E-state index contributed by atoms with van der Waals surface area (Å²) in [6, 6.07) is 25.0. The van der Waals surface area contributed by atoms with Crippen LogP contribution in [0.5, 0.6) is 11.5 Å². The molecule has 0 N–H and O–H groups in total. The molecule has 2 saturated heterocycles. The monoisotopic (exact) mass is 488 g/mol. The molecule has 2 fully saturated rings. The first-order valence-corrected chi connectivity index (χ1v) is 11.9. The topological polar surface area (TPSA) is 48.5 Å². The minimum atomic E-state index is -0.407. The molecule has 2 aliphatic heterocycles. The van der Waals surface area contributed by atoms with Crippen molar-refractivity contribution in [1.29, 1.82) is 0 Å². The number of benzene rings is 3. The van der Waals surface area contributed by atoms with Gasteiger partial charge in [0.1, 0.15) is 17.5 Å². The third-order valence-electron chi connectivity index (χ3n) is 6.53. The lowest BCUT2D eigenvalue weighted by Gasteiger charge is -2.55. The van der Waals surface area contributed by atoms with Crippen LogP contribution in [0.25, 0.3) is 0 Å². The molecule has 3 aromatic rings. The molecule has 0 aromatic heterocycles. The van der Waals surface area contributed by atoms with E-state index in [0.29, 0.717) is 18.4 Å². The van der Waals surface area contributed by atoms with Crippen LogP contribution in [-0.4, -0.2) is 61.5 Å². The largest absolute Gasteiger partial charge is 0.497 e. The molecule has 0 spiro atoms. The Morgan fingerprint density at radius 2 is 1.34 bits per heavy atom. The zero-order valence-electron chi connectivity index (χ0n) is 20.0. The molecule has 35 heavy (non-hydrogen) atoms. The Balaban J connectivity index is 1.48. The van der Waals surface area contributed by atoms with Gasteiger partial charge in [0.05, 0.1) is 33.6 Å². The van der Waals surface area contributed by atoms with Crippen LogP contribution in [0.4, 0.5) is 11.4 Å². The number of amides is 1. The summed E-state index contributed by atoms with van der Waals surface area (Å²) in [6.45, 7) is 1.21. The van der Waals surface area contributed by atoms with Gasteiger partial charge >= 0.3 is 0 Å². The van der Waals surface area contributed by atoms with Crippen molar-refractivity contribution in [2.24, 2.45) is 0 Å². The average Bonchev–Trinajstić information content (AvgIpc) is 2.90. The number of hydrogen-bond donors (Lipinski definition) is 0. The molecule has 0 radical (unpaired) electrons. The fourth-order valence-corrected chi connectivity index (χ4v) is 5.11. The second-order valence-corrected chi connectivity index (χ2v) is 9.09. The van der Waals surface area contributed by atoms with Crippen LogP contribution in [0.2, 0.25) is 0 Å². The number of carbonyl (C=O) groups is 1. The SMILES string of the molecule is COc1ccc(N2CN(C)CN([C@H]3C(=O)N(c4ccc(OC)cc4)[C@@H]3c3ccccc3)C2=S)cc1. The quantitative estimate of drug-likeness (QED) is 0.382. The third kappa shape index (κ3) is 4.19. The van der Waals surface area contributed by atoms with Crippen molar-refractivity contribution in [3.05, 3.63) is 84.4 Å². The molecule has 2 atom stereocenters. The maximum absolute atomic E-state index is 13.7. The maximum atomic E-state index is 13.7. The summed E-state index contributed by atoms with van der Waals surface area (Å²) in [6.07, 6.45) is 0. The van der Waals surface area contributed by atoms with Gasteiger partial charge in [0.25, 0.3) is 5.91 Å². The van der Waals surface area contributed by atoms with Gasteiger partial charge < -0.3 is 24.2 Å². The molecule has 2 heterocycles. The zero-order chi connectivity index (χ0) is 24.5. The first kappa shape index (κ1) is 23.1. The average molecular weight is 489 g/mol. The molecule has 7 nitrogen and oxygen atoms in total. The number of carbonyl (C=O) groups excluding carboxylic acids is 1. The molecular weight excluding hydrogens is 460 g/mol. The van der Waals surface area contributed by atoms with E-state index in [-0.39, 0.29) is 11.9 Å². The highest BCUT2D eigenvalue weighted by Gasteiger charge is 2.54.